The van der Waals surface area contributed by atoms with Crippen LogP contribution in [0.4, 0.5) is 0 Å². The van der Waals surface area contributed by atoms with Crippen molar-refractivity contribution in [1.82, 2.24) is 15.6 Å². The van der Waals surface area contributed by atoms with Crippen LogP contribution >= 0.6 is 0 Å². The average molecular weight is 233 g/mol. The van der Waals surface area contributed by atoms with Crippen LogP contribution in [-0.4, -0.2) is 30.0 Å². The smallest absolute Gasteiger partial charge is 0.224 e. The summed E-state index contributed by atoms with van der Waals surface area (Å²) in [5, 5.41) is 6.37. The molecule has 1 aromatic rings. The van der Waals surface area contributed by atoms with Gasteiger partial charge in [0.25, 0.3) is 0 Å². The zero-order chi connectivity index (χ0) is 11.9. The van der Waals surface area contributed by atoms with Crippen LogP contribution in [0.3, 0.4) is 0 Å². The molecule has 0 bridgehead atoms. The van der Waals surface area contributed by atoms with Gasteiger partial charge < -0.3 is 10.6 Å². The number of hydrogen-bond acceptors (Lipinski definition) is 3. The topological polar surface area (TPSA) is 54.0 Å². The number of carbonyl (C=O) groups is 1. The van der Waals surface area contributed by atoms with Gasteiger partial charge in [-0.15, -0.1) is 0 Å². The molecule has 2 N–H and O–H groups in total. The van der Waals surface area contributed by atoms with Gasteiger partial charge >= 0.3 is 0 Å². The van der Waals surface area contributed by atoms with E-state index in [-0.39, 0.29) is 5.91 Å². The molecule has 92 valence electrons. The van der Waals surface area contributed by atoms with E-state index in [0.29, 0.717) is 12.5 Å². The fourth-order valence-corrected chi connectivity index (χ4v) is 2.14. The van der Waals surface area contributed by atoms with Gasteiger partial charge in [0.15, 0.2) is 0 Å². The molecule has 4 heteroatoms. The molecule has 0 spiro atoms. The van der Waals surface area contributed by atoms with E-state index in [2.05, 4.69) is 15.6 Å². The molecule has 1 aromatic heterocycles. The first-order chi connectivity index (χ1) is 8.34. The van der Waals surface area contributed by atoms with Crippen LogP contribution in [0.5, 0.6) is 0 Å². The van der Waals surface area contributed by atoms with Crippen LogP contribution in [0.2, 0.25) is 0 Å². The lowest BCUT2D eigenvalue weighted by atomic mass is 10.1. The van der Waals surface area contributed by atoms with Crippen molar-refractivity contribution in [2.45, 2.75) is 31.7 Å². The number of pyridine rings is 1. The third-order valence-electron chi connectivity index (χ3n) is 3.06. The maximum atomic E-state index is 11.6. The maximum Gasteiger partial charge on any atom is 0.224 e. The average Bonchev–Trinajstić information content (AvgIpc) is 2.83. The fourth-order valence-electron chi connectivity index (χ4n) is 2.14. The number of nitrogens with zero attached hydrogens (tertiary/aromatic N) is 1. The molecule has 1 aliphatic rings. The van der Waals surface area contributed by atoms with Crippen molar-refractivity contribution in [3.8, 4) is 0 Å². The molecular formula is C13H19N3O. The quantitative estimate of drug-likeness (QED) is 0.794. The number of nitrogens with one attached hydrogen (secondary N) is 2. The van der Waals surface area contributed by atoms with Gasteiger partial charge in [-0.25, -0.2) is 0 Å². The van der Waals surface area contributed by atoms with Crippen molar-refractivity contribution in [1.29, 1.82) is 0 Å². The van der Waals surface area contributed by atoms with E-state index < -0.39 is 0 Å². The number of rotatable bonds is 5. The van der Waals surface area contributed by atoms with E-state index in [1.54, 1.807) is 12.4 Å². The highest BCUT2D eigenvalue weighted by atomic mass is 16.1. The molecule has 2 rings (SSSR count). The Labute approximate surface area is 102 Å². The molecule has 0 aromatic carbocycles. The number of amides is 1. The summed E-state index contributed by atoms with van der Waals surface area (Å²) in [5.41, 5.74) is 0.962. The van der Waals surface area contributed by atoms with Gasteiger partial charge in [0.1, 0.15) is 0 Å². The molecule has 4 nitrogen and oxygen atoms in total. The standard InChI is InChI=1S/C13H19N3O/c17-13(9-11-3-1-6-14-10-11)16-8-5-12-4-2-7-15-12/h1,3,6,10,12,15H,2,4-5,7-9H2,(H,16,17)/t12-/m1/s1. The summed E-state index contributed by atoms with van der Waals surface area (Å²) in [6.07, 6.45) is 7.39. The minimum atomic E-state index is 0.0796. The van der Waals surface area contributed by atoms with Gasteiger partial charge in [0, 0.05) is 25.0 Å². The summed E-state index contributed by atoms with van der Waals surface area (Å²) in [7, 11) is 0. The molecular weight excluding hydrogens is 214 g/mol. The van der Waals surface area contributed by atoms with Crippen LogP contribution < -0.4 is 10.6 Å². The molecule has 2 heterocycles. The Morgan fingerprint density at radius 3 is 3.24 bits per heavy atom. The SMILES string of the molecule is O=C(Cc1cccnc1)NCC[C@H]1CCCN1. The third kappa shape index (κ3) is 4.15. The van der Waals surface area contributed by atoms with Gasteiger partial charge in [-0.3, -0.25) is 9.78 Å². The lowest BCUT2D eigenvalue weighted by molar-refractivity contribution is -0.120. The van der Waals surface area contributed by atoms with E-state index in [1.165, 1.54) is 12.8 Å². The summed E-state index contributed by atoms with van der Waals surface area (Å²) in [6, 6.07) is 4.37. The van der Waals surface area contributed by atoms with Crippen molar-refractivity contribution in [3.63, 3.8) is 0 Å². The summed E-state index contributed by atoms with van der Waals surface area (Å²) in [5.74, 6) is 0.0796. The molecule has 0 aliphatic carbocycles. The molecule has 0 unspecified atom stereocenters. The van der Waals surface area contributed by atoms with E-state index in [0.717, 1.165) is 25.1 Å². The first kappa shape index (κ1) is 12.0. The monoisotopic (exact) mass is 233 g/mol. The largest absolute Gasteiger partial charge is 0.356 e. The second-order valence-electron chi connectivity index (χ2n) is 4.47. The zero-order valence-corrected chi connectivity index (χ0v) is 9.98. The van der Waals surface area contributed by atoms with E-state index in [9.17, 15) is 4.79 Å². The lowest BCUT2D eigenvalue weighted by Crippen LogP contribution is -2.31. The molecule has 0 saturated carbocycles. The summed E-state index contributed by atoms with van der Waals surface area (Å²) < 4.78 is 0. The van der Waals surface area contributed by atoms with Crippen molar-refractivity contribution in [2.24, 2.45) is 0 Å². The summed E-state index contributed by atoms with van der Waals surface area (Å²) in [6.45, 7) is 1.88. The molecule has 1 fully saturated rings. The van der Waals surface area contributed by atoms with Crippen molar-refractivity contribution in [2.75, 3.05) is 13.1 Å². The summed E-state index contributed by atoms with van der Waals surface area (Å²) in [4.78, 5) is 15.6. The van der Waals surface area contributed by atoms with Gasteiger partial charge in [-0.05, 0) is 37.4 Å². The van der Waals surface area contributed by atoms with Gasteiger partial charge in [0.2, 0.25) is 5.91 Å². The summed E-state index contributed by atoms with van der Waals surface area (Å²) >= 11 is 0. The van der Waals surface area contributed by atoms with Crippen molar-refractivity contribution >= 4 is 5.91 Å². The number of carbonyl (C=O) groups excluding carboxylic acids is 1. The second-order valence-corrected chi connectivity index (χ2v) is 4.47. The Bertz CT molecular complexity index is 347. The normalized spacial score (nSPS) is 19.2. The highest BCUT2D eigenvalue weighted by Crippen LogP contribution is 2.07. The molecule has 0 radical (unpaired) electrons. The van der Waals surface area contributed by atoms with Crippen LogP contribution in [-0.2, 0) is 11.2 Å². The first-order valence-electron chi connectivity index (χ1n) is 6.23. The number of aromatic nitrogens is 1. The fraction of sp³-hybridized carbons (Fsp3) is 0.538. The zero-order valence-electron chi connectivity index (χ0n) is 9.98. The third-order valence-corrected chi connectivity index (χ3v) is 3.06. The Morgan fingerprint density at radius 1 is 1.59 bits per heavy atom. The molecule has 1 saturated heterocycles. The molecule has 1 atom stereocenters. The van der Waals surface area contributed by atoms with Crippen molar-refractivity contribution < 1.29 is 4.79 Å². The molecule has 17 heavy (non-hydrogen) atoms. The van der Waals surface area contributed by atoms with Crippen LogP contribution in [0.1, 0.15) is 24.8 Å². The van der Waals surface area contributed by atoms with Crippen LogP contribution in [0.15, 0.2) is 24.5 Å². The molecule has 1 amide bonds. The van der Waals surface area contributed by atoms with E-state index in [1.807, 2.05) is 12.1 Å². The second kappa shape index (κ2) is 6.35. The highest BCUT2D eigenvalue weighted by molar-refractivity contribution is 5.78. The predicted molar refractivity (Wildman–Crippen MR) is 66.6 cm³/mol. The maximum absolute atomic E-state index is 11.6. The van der Waals surface area contributed by atoms with Gasteiger partial charge in [-0.2, -0.15) is 0 Å². The minimum Gasteiger partial charge on any atom is -0.356 e. The predicted octanol–water partition coefficient (Wildman–Crippen LogP) is 0.882. The van der Waals surface area contributed by atoms with E-state index >= 15 is 0 Å². The molecule has 1 aliphatic heterocycles. The van der Waals surface area contributed by atoms with Gasteiger partial charge in [0.05, 0.1) is 6.42 Å². The Kier molecular flexibility index (Phi) is 4.50. The van der Waals surface area contributed by atoms with Gasteiger partial charge in [-0.1, -0.05) is 6.07 Å². The van der Waals surface area contributed by atoms with E-state index in [4.69, 9.17) is 0 Å². The van der Waals surface area contributed by atoms with Crippen LogP contribution in [0, 0.1) is 0 Å². The highest BCUT2D eigenvalue weighted by Gasteiger charge is 2.13. The van der Waals surface area contributed by atoms with Crippen LogP contribution in [0.25, 0.3) is 0 Å². The Balaban J connectivity index is 1.64. The Hall–Kier alpha value is -1.42. The minimum absolute atomic E-state index is 0.0796. The first-order valence-corrected chi connectivity index (χ1v) is 6.23. The number of hydrogen-bond donors (Lipinski definition) is 2. The lowest BCUT2D eigenvalue weighted by Gasteiger charge is -2.10. The van der Waals surface area contributed by atoms with Crippen molar-refractivity contribution in [3.05, 3.63) is 30.1 Å². The Morgan fingerprint density at radius 2 is 2.53 bits per heavy atom.